The first-order valence-electron chi connectivity index (χ1n) is 8.09. The Morgan fingerprint density at radius 2 is 2.00 bits per heavy atom. The largest absolute Gasteiger partial charge is 0.463 e. The quantitative estimate of drug-likeness (QED) is 0.742. The summed E-state index contributed by atoms with van der Waals surface area (Å²) in [6, 6.07) is 17.4. The zero-order valence-corrected chi connectivity index (χ0v) is 13.6. The Labute approximate surface area is 141 Å². The molecule has 0 aliphatic rings. The molecule has 0 saturated heterocycles. The molecule has 4 nitrogen and oxygen atoms in total. The molecule has 3 aromatic rings. The van der Waals surface area contributed by atoms with Gasteiger partial charge in [-0.1, -0.05) is 37.3 Å². The van der Waals surface area contributed by atoms with Crippen LogP contribution in [0.15, 0.2) is 71.5 Å². The summed E-state index contributed by atoms with van der Waals surface area (Å²) in [5.41, 5.74) is 2.80. The number of benzene rings is 1. The van der Waals surface area contributed by atoms with Crippen molar-refractivity contribution in [3.05, 3.63) is 78.2 Å². The molecule has 2 aromatic heterocycles. The van der Waals surface area contributed by atoms with E-state index in [0.717, 1.165) is 29.0 Å². The number of nitrogens with one attached hydrogen (secondary N) is 1. The van der Waals surface area contributed by atoms with Crippen molar-refractivity contribution < 1.29 is 9.21 Å². The van der Waals surface area contributed by atoms with E-state index in [9.17, 15) is 4.79 Å². The van der Waals surface area contributed by atoms with Gasteiger partial charge in [0, 0.05) is 12.7 Å². The summed E-state index contributed by atoms with van der Waals surface area (Å²) in [7, 11) is 0. The standard InChI is InChI=1S/C20H20N2O2/c1-2-17(16-7-4-3-5-8-16)20(23)22-14-15-10-11-21-18(13-15)19-9-6-12-24-19/h3-13,17H,2,14H2,1H3,(H,22,23). The van der Waals surface area contributed by atoms with Crippen LogP contribution in [0.25, 0.3) is 11.5 Å². The van der Waals surface area contributed by atoms with E-state index in [0.29, 0.717) is 6.54 Å². The van der Waals surface area contributed by atoms with Crippen molar-refractivity contribution in [3.8, 4) is 11.5 Å². The summed E-state index contributed by atoms with van der Waals surface area (Å²) in [6.07, 6.45) is 4.12. The van der Waals surface area contributed by atoms with E-state index in [1.807, 2.05) is 61.5 Å². The maximum Gasteiger partial charge on any atom is 0.227 e. The number of hydrogen-bond acceptors (Lipinski definition) is 3. The number of amides is 1. The molecule has 0 aliphatic carbocycles. The molecule has 1 unspecified atom stereocenters. The smallest absolute Gasteiger partial charge is 0.227 e. The third-order valence-electron chi connectivity index (χ3n) is 3.99. The first-order chi connectivity index (χ1) is 11.8. The highest BCUT2D eigenvalue weighted by molar-refractivity contribution is 5.83. The summed E-state index contributed by atoms with van der Waals surface area (Å²) >= 11 is 0. The van der Waals surface area contributed by atoms with Crippen molar-refractivity contribution >= 4 is 5.91 Å². The summed E-state index contributed by atoms with van der Waals surface area (Å²) < 4.78 is 5.36. The van der Waals surface area contributed by atoms with Gasteiger partial charge in [0.2, 0.25) is 5.91 Å². The molecule has 4 heteroatoms. The molecule has 0 bridgehead atoms. The van der Waals surface area contributed by atoms with Gasteiger partial charge in [-0.15, -0.1) is 0 Å². The lowest BCUT2D eigenvalue weighted by molar-refractivity contribution is -0.122. The molecule has 1 N–H and O–H groups in total. The fourth-order valence-corrected chi connectivity index (χ4v) is 2.71. The Hall–Kier alpha value is -2.88. The van der Waals surface area contributed by atoms with Crippen LogP contribution < -0.4 is 5.32 Å². The van der Waals surface area contributed by atoms with E-state index >= 15 is 0 Å². The number of carbonyl (C=O) groups is 1. The van der Waals surface area contributed by atoms with Gasteiger partial charge in [0.05, 0.1) is 12.2 Å². The number of hydrogen-bond donors (Lipinski definition) is 1. The van der Waals surface area contributed by atoms with E-state index in [4.69, 9.17) is 4.42 Å². The first kappa shape index (κ1) is 16.0. The molecule has 1 atom stereocenters. The average molecular weight is 320 g/mol. The van der Waals surface area contributed by atoms with Crippen LogP contribution >= 0.6 is 0 Å². The van der Waals surface area contributed by atoms with Crippen LogP contribution in [-0.2, 0) is 11.3 Å². The maximum atomic E-state index is 12.5. The summed E-state index contributed by atoms with van der Waals surface area (Å²) in [5, 5.41) is 3.02. The van der Waals surface area contributed by atoms with E-state index in [1.54, 1.807) is 12.5 Å². The van der Waals surface area contributed by atoms with Crippen molar-refractivity contribution in [3.63, 3.8) is 0 Å². The highest BCUT2D eigenvalue weighted by atomic mass is 16.3. The van der Waals surface area contributed by atoms with E-state index < -0.39 is 0 Å². The minimum Gasteiger partial charge on any atom is -0.463 e. The van der Waals surface area contributed by atoms with Crippen molar-refractivity contribution in [2.24, 2.45) is 0 Å². The average Bonchev–Trinajstić information content (AvgIpc) is 3.16. The Morgan fingerprint density at radius 3 is 2.71 bits per heavy atom. The second kappa shape index (κ2) is 7.59. The molecule has 2 heterocycles. The predicted octanol–water partition coefficient (Wildman–Crippen LogP) is 4.15. The van der Waals surface area contributed by atoms with Crippen LogP contribution in [0.2, 0.25) is 0 Å². The number of pyridine rings is 1. The van der Waals surface area contributed by atoms with Crippen LogP contribution in [0, 0.1) is 0 Å². The molecular weight excluding hydrogens is 300 g/mol. The Balaban J connectivity index is 1.67. The number of furan rings is 1. The fraction of sp³-hybridized carbons (Fsp3) is 0.200. The first-order valence-corrected chi connectivity index (χ1v) is 8.09. The lowest BCUT2D eigenvalue weighted by Gasteiger charge is -2.15. The number of rotatable bonds is 6. The maximum absolute atomic E-state index is 12.5. The summed E-state index contributed by atoms with van der Waals surface area (Å²) in [4.78, 5) is 16.8. The van der Waals surface area contributed by atoms with E-state index in [1.165, 1.54) is 0 Å². The minimum atomic E-state index is -0.127. The number of nitrogens with zero attached hydrogens (tertiary/aromatic N) is 1. The van der Waals surface area contributed by atoms with Crippen LogP contribution in [-0.4, -0.2) is 10.9 Å². The molecule has 3 rings (SSSR count). The van der Waals surface area contributed by atoms with Crippen molar-refractivity contribution in [1.29, 1.82) is 0 Å². The molecule has 1 amide bonds. The van der Waals surface area contributed by atoms with Gasteiger partial charge in [-0.25, -0.2) is 0 Å². The van der Waals surface area contributed by atoms with Gasteiger partial charge in [-0.2, -0.15) is 0 Å². The molecule has 0 radical (unpaired) electrons. The highest BCUT2D eigenvalue weighted by Crippen LogP contribution is 2.20. The van der Waals surface area contributed by atoms with Gasteiger partial charge in [0.1, 0.15) is 5.69 Å². The minimum absolute atomic E-state index is 0.0417. The third-order valence-corrected chi connectivity index (χ3v) is 3.99. The zero-order chi connectivity index (χ0) is 16.8. The molecule has 0 spiro atoms. The van der Waals surface area contributed by atoms with Crippen LogP contribution in [0.4, 0.5) is 0 Å². The van der Waals surface area contributed by atoms with Gasteiger partial charge in [-0.05, 0) is 41.8 Å². The molecular formula is C20H20N2O2. The molecule has 24 heavy (non-hydrogen) atoms. The van der Waals surface area contributed by atoms with Crippen molar-refractivity contribution in [2.75, 3.05) is 0 Å². The predicted molar refractivity (Wildman–Crippen MR) is 93.3 cm³/mol. The van der Waals surface area contributed by atoms with Crippen LogP contribution in [0.5, 0.6) is 0 Å². The number of aromatic nitrogens is 1. The SMILES string of the molecule is CCC(C(=O)NCc1ccnc(-c2ccco2)c1)c1ccccc1. The van der Waals surface area contributed by atoms with Crippen LogP contribution in [0.1, 0.15) is 30.4 Å². The lowest BCUT2D eigenvalue weighted by Crippen LogP contribution is -2.28. The fourth-order valence-electron chi connectivity index (χ4n) is 2.71. The molecule has 0 aliphatic heterocycles. The summed E-state index contributed by atoms with van der Waals surface area (Å²) in [5.74, 6) is 0.636. The molecule has 0 fully saturated rings. The molecule has 122 valence electrons. The van der Waals surface area contributed by atoms with Gasteiger partial charge in [-0.3, -0.25) is 9.78 Å². The van der Waals surface area contributed by atoms with Gasteiger partial charge >= 0.3 is 0 Å². The van der Waals surface area contributed by atoms with Gasteiger partial charge in [0.25, 0.3) is 0 Å². The Morgan fingerprint density at radius 1 is 1.17 bits per heavy atom. The zero-order valence-electron chi connectivity index (χ0n) is 13.6. The third kappa shape index (κ3) is 3.71. The lowest BCUT2D eigenvalue weighted by atomic mass is 9.95. The van der Waals surface area contributed by atoms with Crippen molar-refractivity contribution in [2.45, 2.75) is 25.8 Å². The Bertz CT molecular complexity index is 782. The second-order valence-corrected chi connectivity index (χ2v) is 5.62. The highest BCUT2D eigenvalue weighted by Gasteiger charge is 2.18. The number of carbonyl (C=O) groups excluding carboxylic acids is 1. The van der Waals surface area contributed by atoms with E-state index in [-0.39, 0.29) is 11.8 Å². The molecule has 1 aromatic carbocycles. The summed E-state index contributed by atoms with van der Waals surface area (Å²) in [6.45, 7) is 2.50. The van der Waals surface area contributed by atoms with Crippen LogP contribution in [0.3, 0.4) is 0 Å². The molecule has 0 saturated carbocycles. The van der Waals surface area contributed by atoms with Gasteiger partial charge < -0.3 is 9.73 Å². The normalized spacial score (nSPS) is 11.9. The van der Waals surface area contributed by atoms with Crippen molar-refractivity contribution in [1.82, 2.24) is 10.3 Å². The van der Waals surface area contributed by atoms with Gasteiger partial charge in [0.15, 0.2) is 5.76 Å². The second-order valence-electron chi connectivity index (χ2n) is 5.62. The van der Waals surface area contributed by atoms with E-state index in [2.05, 4.69) is 10.3 Å². The topological polar surface area (TPSA) is 55.1 Å². The monoisotopic (exact) mass is 320 g/mol. The Kier molecular flexibility index (Phi) is 5.06.